The molecule has 3 heterocycles. The molecule has 1 aliphatic heterocycles. The van der Waals surface area contributed by atoms with Crippen molar-refractivity contribution in [2.75, 3.05) is 37.6 Å². The summed E-state index contributed by atoms with van der Waals surface area (Å²) in [5, 5.41) is 4.92. The van der Waals surface area contributed by atoms with Crippen LogP contribution in [0.15, 0.2) is 48.6 Å². The molecule has 5 nitrogen and oxygen atoms in total. The topological polar surface area (TPSA) is 36.7 Å². The summed E-state index contributed by atoms with van der Waals surface area (Å²) < 4.78 is 2.05. The van der Waals surface area contributed by atoms with Crippen molar-refractivity contribution in [2.45, 2.75) is 33.6 Å². The normalized spacial score (nSPS) is 15.4. The Morgan fingerprint density at radius 1 is 1.10 bits per heavy atom. The van der Waals surface area contributed by atoms with Crippen molar-refractivity contribution in [3.8, 4) is 11.1 Å². The molecule has 0 amide bonds. The molecule has 4 rings (SSSR count). The van der Waals surface area contributed by atoms with E-state index in [0.29, 0.717) is 5.92 Å². The van der Waals surface area contributed by atoms with Crippen molar-refractivity contribution >= 4 is 11.5 Å². The first-order valence-electron chi connectivity index (χ1n) is 10.5. The van der Waals surface area contributed by atoms with E-state index in [0.717, 1.165) is 61.1 Å². The van der Waals surface area contributed by atoms with E-state index in [-0.39, 0.29) is 0 Å². The van der Waals surface area contributed by atoms with Gasteiger partial charge in [-0.15, -0.1) is 0 Å². The molecule has 29 heavy (non-hydrogen) atoms. The second-order valence-corrected chi connectivity index (χ2v) is 8.48. The van der Waals surface area contributed by atoms with Crippen molar-refractivity contribution < 1.29 is 0 Å². The summed E-state index contributed by atoms with van der Waals surface area (Å²) in [6, 6.07) is 12.7. The number of benzene rings is 1. The molecule has 1 saturated heterocycles. The Morgan fingerprint density at radius 2 is 1.79 bits per heavy atom. The highest BCUT2D eigenvalue weighted by Gasteiger charge is 2.23. The van der Waals surface area contributed by atoms with Gasteiger partial charge in [0.15, 0.2) is 5.65 Å². The fourth-order valence-electron chi connectivity index (χ4n) is 4.11. The fourth-order valence-corrected chi connectivity index (χ4v) is 4.11. The van der Waals surface area contributed by atoms with Crippen molar-refractivity contribution in [1.29, 1.82) is 0 Å². The summed E-state index contributed by atoms with van der Waals surface area (Å²) in [4.78, 5) is 9.97. The maximum Gasteiger partial charge on any atom is 0.165 e. The second kappa shape index (κ2) is 7.99. The zero-order valence-electron chi connectivity index (χ0n) is 18.0. The van der Waals surface area contributed by atoms with Gasteiger partial charge < -0.3 is 4.90 Å². The monoisotopic (exact) mass is 389 g/mol. The van der Waals surface area contributed by atoms with Crippen LogP contribution in [0.4, 0.5) is 5.82 Å². The van der Waals surface area contributed by atoms with Gasteiger partial charge in [-0.25, -0.2) is 4.98 Å². The number of hydrogen-bond donors (Lipinski definition) is 0. The lowest BCUT2D eigenvalue weighted by atomic mass is 10.1. The number of rotatable bonds is 5. The fraction of sp³-hybridized carbons (Fsp3) is 0.417. The minimum absolute atomic E-state index is 0.363. The zero-order valence-corrected chi connectivity index (χ0v) is 18.0. The number of fused-ring (bicyclic) bond motifs is 1. The molecule has 0 spiro atoms. The molecule has 1 aromatic carbocycles. The van der Waals surface area contributed by atoms with Gasteiger partial charge in [0.2, 0.25) is 0 Å². The highest BCUT2D eigenvalue weighted by Crippen LogP contribution is 2.31. The van der Waals surface area contributed by atoms with Crippen molar-refractivity contribution in [1.82, 2.24) is 19.5 Å². The van der Waals surface area contributed by atoms with E-state index in [9.17, 15) is 0 Å². The van der Waals surface area contributed by atoms with Crippen molar-refractivity contribution in [3.63, 3.8) is 0 Å². The maximum absolute atomic E-state index is 5.03. The van der Waals surface area contributed by atoms with E-state index in [2.05, 4.69) is 78.9 Å². The van der Waals surface area contributed by atoms with Crippen LogP contribution < -0.4 is 4.90 Å². The number of hydrogen-bond acceptors (Lipinski definition) is 4. The van der Waals surface area contributed by atoms with Crippen molar-refractivity contribution in [2.24, 2.45) is 0 Å². The average molecular weight is 390 g/mol. The molecule has 3 aromatic rings. The van der Waals surface area contributed by atoms with Gasteiger partial charge >= 0.3 is 0 Å². The lowest BCUT2D eigenvalue weighted by molar-refractivity contribution is 0.277. The van der Waals surface area contributed by atoms with Crippen LogP contribution in [-0.4, -0.2) is 52.2 Å². The summed E-state index contributed by atoms with van der Waals surface area (Å²) in [6.07, 6.45) is 0. The largest absolute Gasteiger partial charge is 0.354 e. The van der Waals surface area contributed by atoms with Crippen LogP contribution in [0.2, 0.25) is 0 Å². The molecule has 0 radical (unpaired) electrons. The van der Waals surface area contributed by atoms with E-state index >= 15 is 0 Å². The highest BCUT2D eigenvalue weighted by molar-refractivity contribution is 5.81. The van der Waals surface area contributed by atoms with E-state index in [1.165, 1.54) is 11.1 Å². The van der Waals surface area contributed by atoms with Crippen LogP contribution in [0.25, 0.3) is 16.8 Å². The molecule has 0 unspecified atom stereocenters. The Balaban J connectivity index is 1.77. The molecule has 0 N–H and O–H groups in total. The molecule has 0 aliphatic carbocycles. The number of aryl methyl sites for hydroxylation is 1. The van der Waals surface area contributed by atoms with Gasteiger partial charge in [-0.05, 0) is 25.3 Å². The molecule has 1 fully saturated rings. The predicted octanol–water partition coefficient (Wildman–Crippen LogP) is 4.53. The van der Waals surface area contributed by atoms with Gasteiger partial charge in [-0.1, -0.05) is 56.3 Å². The van der Waals surface area contributed by atoms with Gasteiger partial charge in [0.25, 0.3) is 0 Å². The molecule has 0 atom stereocenters. The quantitative estimate of drug-likeness (QED) is 0.601. The smallest absolute Gasteiger partial charge is 0.165 e. The molecular weight excluding hydrogens is 358 g/mol. The Labute approximate surface area is 173 Å². The Morgan fingerprint density at radius 3 is 2.41 bits per heavy atom. The van der Waals surface area contributed by atoms with E-state index < -0.39 is 0 Å². The molecule has 2 aromatic heterocycles. The van der Waals surface area contributed by atoms with Crippen LogP contribution >= 0.6 is 0 Å². The Bertz CT molecular complexity index is 1010. The van der Waals surface area contributed by atoms with Crippen LogP contribution in [0.3, 0.4) is 0 Å². The third-order valence-corrected chi connectivity index (χ3v) is 5.61. The number of anilines is 1. The van der Waals surface area contributed by atoms with E-state index in [1.807, 2.05) is 6.07 Å². The summed E-state index contributed by atoms with van der Waals surface area (Å²) in [6.45, 7) is 17.7. The lowest BCUT2D eigenvalue weighted by Gasteiger charge is -2.36. The van der Waals surface area contributed by atoms with Crippen LogP contribution in [0.5, 0.6) is 0 Å². The lowest BCUT2D eigenvalue weighted by Crippen LogP contribution is -2.47. The summed E-state index contributed by atoms with van der Waals surface area (Å²) in [5.41, 5.74) is 6.63. The maximum atomic E-state index is 5.03. The Hall–Kier alpha value is -2.66. The average Bonchev–Trinajstić information content (AvgIpc) is 3.03. The summed E-state index contributed by atoms with van der Waals surface area (Å²) in [7, 11) is 0. The van der Waals surface area contributed by atoms with Gasteiger partial charge in [-0.3, -0.25) is 4.90 Å². The minimum Gasteiger partial charge on any atom is -0.354 e. The minimum atomic E-state index is 0.363. The number of nitrogens with zero attached hydrogens (tertiary/aromatic N) is 5. The van der Waals surface area contributed by atoms with Gasteiger partial charge in [0.05, 0.1) is 5.69 Å². The molecule has 1 aliphatic rings. The SMILES string of the molecule is C=C(C)CN1CCN(c2cc(C(C)C)nc3c(-c4ccccc4)c(C)nn23)CC1. The Kier molecular flexibility index (Phi) is 5.41. The molecule has 5 heteroatoms. The number of aromatic nitrogens is 3. The molecule has 0 saturated carbocycles. The first-order valence-corrected chi connectivity index (χ1v) is 10.5. The zero-order chi connectivity index (χ0) is 20.5. The molecular formula is C24H31N5. The molecule has 152 valence electrons. The number of piperazine rings is 1. The first kappa shape index (κ1) is 19.6. The van der Waals surface area contributed by atoms with E-state index in [1.54, 1.807) is 0 Å². The van der Waals surface area contributed by atoms with E-state index in [4.69, 9.17) is 10.1 Å². The summed E-state index contributed by atoms with van der Waals surface area (Å²) >= 11 is 0. The van der Waals surface area contributed by atoms with Gasteiger partial charge in [-0.2, -0.15) is 9.61 Å². The molecule has 0 bridgehead atoms. The van der Waals surface area contributed by atoms with Crippen LogP contribution in [0.1, 0.15) is 38.1 Å². The standard InChI is InChI=1S/C24H31N5/c1-17(2)16-27-11-13-28(14-12-27)22-15-21(18(3)4)25-24-23(19(5)26-29(22)24)20-9-7-6-8-10-20/h6-10,15,18H,1,11-14,16H2,2-5H3. The van der Waals surface area contributed by atoms with Crippen LogP contribution in [-0.2, 0) is 0 Å². The third-order valence-electron chi connectivity index (χ3n) is 5.61. The first-order chi connectivity index (χ1) is 13.9. The second-order valence-electron chi connectivity index (χ2n) is 8.48. The van der Waals surface area contributed by atoms with Crippen molar-refractivity contribution in [3.05, 3.63) is 59.9 Å². The predicted molar refractivity (Wildman–Crippen MR) is 121 cm³/mol. The van der Waals surface area contributed by atoms with Gasteiger partial charge in [0, 0.05) is 50.0 Å². The van der Waals surface area contributed by atoms with Gasteiger partial charge in [0.1, 0.15) is 5.82 Å². The highest BCUT2D eigenvalue weighted by atomic mass is 15.4. The third kappa shape index (κ3) is 3.92. The van der Waals surface area contributed by atoms with Crippen LogP contribution in [0, 0.1) is 6.92 Å². The summed E-state index contributed by atoms with van der Waals surface area (Å²) in [5.74, 6) is 1.52.